The lowest BCUT2D eigenvalue weighted by molar-refractivity contribution is -0.137. The number of halogens is 4. The van der Waals surface area contributed by atoms with E-state index >= 15 is 0 Å². The number of benzene rings is 2. The van der Waals surface area contributed by atoms with E-state index in [1.165, 1.54) is 32.6 Å². The Labute approximate surface area is 141 Å². The minimum absolute atomic E-state index is 0.206. The van der Waals surface area contributed by atoms with Crippen LogP contribution in [0.25, 0.3) is 0 Å². The SMILES string of the molecule is COc1ccc(C=NNc2cccc(C(F)(F)F)c2)c(Cl)c1OC. The number of rotatable bonds is 5. The van der Waals surface area contributed by atoms with Crippen molar-refractivity contribution in [3.63, 3.8) is 0 Å². The molecular weight excluding hydrogens is 345 g/mol. The Hall–Kier alpha value is -2.41. The second-order valence-electron chi connectivity index (χ2n) is 4.65. The maximum absolute atomic E-state index is 12.7. The molecule has 2 aromatic rings. The van der Waals surface area contributed by atoms with Gasteiger partial charge in [0, 0.05) is 5.56 Å². The fourth-order valence-corrected chi connectivity index (χ4v) is 2.23. The molecule has 8 heteroatoms. The van der Waals surface area contributed by atoms with Gasteiger partial charge in [-0.15, -0.1) is 0 Å². The third kappa shape index (κ3) is 4.11. The maximum atomic E-state index is 12.7. The minimum atomic E-state index is -4.41. The smallest absolute Gasteiger partial charge is 0.416 e. The van der Waals surface area contributed by atoms with Gasteiger partial charge >= 0.3 is 6.18 Å². The molecule has 0 aliphatic heterocycles. The van der Waals surface area contributed by atoms with Crippen molar-refractivity contribution in [2.45, 2.75) is 6.18 Å². The fourth-order valence-electron chi connectivity index (χ4n) is 1.95. The van der Waals surface area contributed by atoms with Crippen molar-refractivity contribution >= 4 is 23.5 Å². The van der Waals surface area contributed by atoms with Crippen LogP contribution in [0.2, 0.25) is 5.02 Å². The summed E-state index contributed by atoms with van der Waals surface area (Å²) in [4.78, 5) is 0. The molecule has 0 amide bonds. The molecule has 0 aromatic heterocycles. The summed E-state index contributed by atoms with van der Waals surface area (Å²) < 4.78 is 48.2. The highest BCUT2D eigenvalue weighted by Crippen LogP contribution is 2.36. The number of hydrazone groups is 1. The molecule has 0 aliphatic rings. The topological polar surface area (TPSA) is 42.8 Å². The van der Waals surface area contributed by atoms with E-state index < -0.39 is 11.7 Å². The molecule has 4 nitrogen and oxygen atoms in total. The normalized spacial score (nSPS) is 11.6. The van der Waals surface area contributed by atoms with Crippen LogP contribution >= 0.6 is 11.6 Å². The number of hydrogen-bond donors (Lipinski definition) is 1. The second kappa shape index (κ2) is 7.44. The van der Waals surface area contributed by atoms with Gasteiger partial charge in [-0.3, -0.25) is 5.43 Å². The van der Waals surface area contributed by atoms with Gasteiger partial charge in [-0.2, -0.15) is 18.3 Å². The molecule has 128 valence electrons. The first-order chi connectivity index (χ1) is 11.4. The summed E-state index contributed by atoms with van der Waals surface area (Å²) in [5.74, 6) is 0.813. The summed E-state index contributed by atoms with van der Waals surface area (Å²) >= 11 is 6.19. The Bertz CT molecular complexity index is 749. The maximum Gasteiger partial charge on any atom is 0.416 e. The van der Waals surface area contributed by atoms with Gasteiger partial charge in [0.25, 0.3) is 0 Å². The van der Waals surface area contributed by atoms with Crippen LogP contribution in [-0.4, -0.2) is 20.4 Å². The van der Waals surface area contributed by atoms with Gasteiger partial charge in [-0.1, -0.05) is 17.7 Å². The number of nitrogens with one attached hydrogen (secondary N) is 1. The van der Waals surface area contributed by atoms with Crippen molar-refractivity contribution in [2.75, 3.05) is 19.6 Å². The highest BCUT2D eigenvalue weighted by molar-refractivity contribution is 6.34. The summed E-state index contributed by atoms with van der Waals surface area (Å²) in [6.45, 7) is 0. The fraction of sp³-hybridized carbons (Fsp3) is 0.188. The van der Waals surface area contributed by atoms with Crippen LogP contribution in [0.1, 0.15) is 11.1 Å². The van der Waals surface area contributed by atoms with Gasteiger partial charge in [0.15, 0.2) is 11.5 Å². The van der Waals surface area contributed by atoms with Crippen molar-refractivity contribution in [1.29, 1.82) is 0 Å². The zero-order chi connectivity index (χ0) is 17.7. The van der Waals surface area contributed by atoms with Crippen LogP contribution in [-0.2, 0) is 6.18 Å². The molecule has 2 aromatic carbocycles. The predicted octanol–water partition coefficient (Wildman–Crippen LogP) is 4.82. The Morgan fingerprint density at radius 2 is 1.88 bits per heavy atom. The molecule has 0 unspecified atom stereocenters. The molecule has 0 fully saturated rings. The first-order valence-electron chi connectivity index (χ1n) is 6.73. The molecule has 1 N–H and O–H groups in total. The summed E-state index contributed by atoms with van der Waals surface area (Å²) in [5, 5.41) is 4.19. The summed E-state index contributed by atoms with van der Waals surface area (Å²) in [5.41, 5.74) is 2.51. The van der Waals surface area contributed by atoms with Gasteiger partial charge < -0.3 is 9.47 Å². The number of methoxy groups -OCH3 is 2. The summed E-state index contributed by atoms with van der Waals surface area (Å²) in [6, 6.07) is 8.03. The van der Waals surface area contributed by atoms with Crippen LogP contribution in [0.5, 0.6) is 11.5 Å². The Kier molecular flexibility index (Phi) is 5.56. The summed E-state index contributed by atoms with van der Waals surface area (Å²) in [6.07, 6.45) is -3.03. The minimum Gasteiger partial charge on any atom is -0.493 e. The van der Waals surface area contributed by atoms with E-state index in [-0.39, 0.29) is 10.7 Å². The molecule has 2 rings (SSSR count). The first kappa shape index (κ1) is 17.9. The molecule has 0 saturated carbocycles. The van der Waals surface area contributed by atoms with E-state index in [1.807, 2.05) is 0 Å². The van der Waals surface area contributed by atoms with Gasteiger partial charge in [0.1, 0.15) is 0 Å². The lowest BCUT2D eigenvalue weighted by Crippen LogP contribution is -2.05. The number of ether oxygens (including phenoxy) is 2. The van der Waals surface area contributed by atoms with Crippen LogP contribution in [0, 0.1) is 0 Å². The third-order valence-electron chi connectivity index (χ3n) is 3.10. The van der Waals surface area contributed by atoms with Crippen LogP contribution in [0.3, 0.4) is 0 Å². The second-order valence-corrected chi connectivity index (χ2v) is 5.03. The Morgan fingerprint density at radius 3 is 2.50 bits per heavy atom. The molecule has 0 heterocycles. The quantitative estimate of drug-likeness (QED) is 0.615. The van der Waals surface area contributed by atoms with E-state index in [0.717, 1.165) is 12.1 Å². The van der Waals surface area contributed by atoms with Crippen molar-refractivity contribution in [3.05, 3.63) is 52.5 Å². The van der Waals surface area contributed by atoms with E-state index in [2.05, 4.69) is 10.5 Å². The average molecular weight is 359 g/mol. The number of hydrogen-bond acceptors (Lipinski definition) is 4. The lowest BCUT2D eigenvalue weighted by Gasteiger charge is -2.10. The van der Waals surface area contributed by atoms with E-state index in [9.17, 15) is 13.2 Å². The summed E-state index contributed by atoms with van der Waals surface area (Å²) in [7, 11) is 2.93. The van der Waals surface area contributed by atoms with Gasteiger partial charge in [-0.05, 0) is 30.3 Å². The van der Waals surface area contributed by atoms with E-state index in [0.29, 0.717) is 17.1 Å². The lowest BCUT2D eigenvalue weighted by atomic mass is 10.2. The highest BCUT2D eigenvalue weighted by Gasteiger charge is 2.30. The van der Waals surface area contributed by atoms with Crippen molar-refractivity contribution in [3.8, 4) is 11.5 Å². The van der Waals surface area contributed by atoms with Gasteiger partial charge in [-0.25, -0.2) is 0 Å². The van der Waals surface area contributed by atoms with Crippen molar-refractivity contribution < 1.29 is 22.6 Å². The van der Waals surface area contributed by atoms with E-state index in [4.69, 9.17) is 21.1 Å². The molecule has 0 spiro atoms. The van der Waals surface area contributed by atoms with Gasteiger partial charge in [0.05, 0.1) is 36.7 Å². The third-order valence-corrected chi connectivity index (χ3v) is 3.49. The average Bonchev–Trinajstić information content (AvgIpc) is 2.55. The van der Waals surface area contributed by atoms with Gasteiger partial charge in [0.2, 0.25) is 0 Å². The molecule has 0 aliphatic carbocycles. The van der Waals surface area contributed by atoms with E-state index in [1.54, 1.807) is 12.1 Å². The number of anilines is 1. The molecule has 0 saturated heterocycles. The number of alkyl halides is 3. The largest absolute Gasteiger partial charge is 0.493 e. The molecular formula is C16H14ClF3N2O2. The highest BCUT2D eigenvalue weighted by atomic mass is 35.5. The molecule has 0 atom stereocenters. The zero-order valence-electron chi connectivity index (χ0n) is 12.8. The Balaban J connectivity index is 2.18. The van der Waals surface area contributed by atoms with Crippen LogP contribution in [0.15, 0.2) is 41.5 Å². The van der Waals surface area contributed by atoms with Crippen LogP contribution < -0.4 is 14.9 Å². The monoisotopic (exact) mass is 358 g/mol. The molecule has 0 bridgehead atoms. The predicted molar refractivity (Wildman–Crippen MR) is 87.2 cm³/mol. The zero-order valence-corrected chi connectivity index (χ0v) is 13.6. The Morgan fingerprint density at radius 1 is 1.12 bits per heavy atom. The standard InChI is InChI=1S/C16H14ClF3N2O2/c1-23-13-7-6-10(14(17)15(13)24-2)9-21-22-12-5-3-4-11(8-12)16(18,19)20/h3-9,22H,1-2H3. The van der Waals surface area contributed by atoms with Crippen molar-refractivity contribution in [2.24, 2.45) is 5.10 Å². The molecule has 0 radical (unpaired) electrons. The first-order valence-corrected chi connectivity index (χ1v) is 7.11. The van der Waals surface area contributed by atoms with Crippen LogP contribution in [0.4, 0.5) is 18.9 Å². The van der Waals surface area contributed by atoms with Crippen molar-refractivity contribution in [1.82, 2.24) is 0 Å². The number of nitrogens with zero attached hydrogens (tertiary/aromatic N) is 1. The molecule has 24 heavy (non-hydrogen) atoms.